The molecule has 0 radical (unpaired) electrons. The first-order valence-corrected chi connectivity index (χ1v) is 12.2. The molecular formula is C23H34Cl2N4O. The molecule has 1 heterocycles. The molecule has 3 fully saturated rings. The average molecular weight is 453 g/mol. The molecule has 2 aliphatic carbocycles. The van der Waals surface area contributed by atoms with Crippen molar-refractivity contribution < 1.29 is 4.79 Å². The van der Waals surface area contributed by atoms with E-state index in [-0.39, 0.29) is 6.03 Å². The van der Waals surface area contributed by atoms with E-state index in [0.717, 1.165) is 44.1 Å². The Kier molecular flexibility index (Phi) is 7.01. The molecule has 166 valence electrons. The zero-order chi connectivity index (χ0) is 21.1. The van der Waals surface area contributed by atoms with Crippen LogP contribution < -0.4 is 15.5 Å². The molecule has 1 aromatic carbocycles. The number of amides is 2. The van der Waals surface area contributed by atoms with E-state index in [1.807, 2.05) is 19.1 Å². The summed E-state index contributed by atoms with van der Waals surface area (Å²) in [6, 6.07) is 6.26. The van der Waals surface area contributed by atoms with Gasteiger partial charge in [0, 0.05) is 37.8 Å². The van der Waals surface area contributed by atoms with E-state index < -0.39 is 0 Å². The van der Waals surface area contributed by atoms with Crippen LogP contribution in [-0.2, 0) is 0 Å². The zero-order valence-electron chi connectivity index (χ0n) is 17.9. The molecule has 0 unspecified atom stereocenters. The van der Waals surface area contributed by atoms with Gasteiger partial charge < -0.3 is 15.5 Å². The van der Waals surface area contributed by atoms with Crippen LogP contribution in [-0.4, -0.2) is 55.2 Å². The number of hydrogen-bond acceptors (Lipinski definition) is 3. The first-order chi connectivity index (χ1) is 14.5. The Labute approximate surface area is 190 Å². The van der Waals surface area contributed by atoms with Crippen LogP contribution in [0.2, 0.25) is 10.0 Å². The smallest absolute Gasteiger partial charge is 0.314 e. The Morgan fingerprint density at radius 3 is 2.63 bits per heavy atom. The minimum absolute atomic E-state index is 0.0192. The van der Waals surface area contributed by atoms with Gasteiger partial charge in [0.05, 0.1) is 15.7 Å². The van der Waals surface area contributed by atoms with Crippen LogP contribution >= 0.6 is 23.2 Å². The second kappa shape index (κ2) is 9.54. The monoisotopic (exact) mass is 452 g/mol. The van der Waals surface area contributed by atoms with Crippen molar-refractivity contribution in [3.05, 3.63) is 28.2 Å². The Balaban J connectivity index is 1.24. The number of carbonyl (C=O) groups excluding carboxylic acids is 1. The minimum Gasteiger partial charge on any atom is -0.367 e. The standard InChI is InChI=1S/C23H34Cl2N4O/c1-2-26-22(30)27-18-8-6-17(7-9-18)10-13-29-15-14-28(16-23(29)11-12-23)20-5-3-4-19(24)21(20)25/h3-5,17-18H,2,6-16H2,1H3,(H2,26,27,30). The molecule has 4 rings (SSSR count). The number of urea groups is 1. The number of halogens is 2. The Bertz CT molecular complexity index is 747. The SMILES string of the molecule is CCNC(=O)NC1CCC(CCN2CCN(c3cccc(Cl)c3Cl)CC23CC3)CC1. The summed E-state index contributed by atoms with van der Waals surface area (Å²) in [6.45, 7) is 6.97. The molecule has 30 heavy (non-hydrogen) atoms. The summed E-state index contributed by atoms with van der Waals surface area (Å²) < 4.78 is 0. The summed E-state index contributed by atoms with van der Waals surface area (Å²) in [4.78, 5) is 16.9. The number of carbonyl (C=O) groups is 1. The van der Waals surface area contributed by atoms with Gasteiger partial charge in [-0.15, -0.1) is 0 Å². The number of benzene rings is 1. The molecule has 2 amide bonds. The van der Waals surface area contributed by atoms with Crippen LogP contribution in [0.3, 0.4) is 0 Å². The largest absolute Gasteiger partial charge is 0.367 e. The van der Waals surface area contributed by atoms with Crippen molar-refractivity contribution in [2.45, 2.75) is 63.5 Å². The Hall–Kier alpha value is -1.17. The molecule has 0 aromatic heterocycles. The molecule has 2 saturated carbocycles. The minimum atomic E-state index is -0.0192. The molecule has 5 nitrogen and oxygen atoms in total. The lowest BCUT2D eigenvalue weighted by atomic mass is 9.84. The van der Waals surface area contributed by atoms with E-state index in [2.05, 4.69) is 26.5 Å². The Morgan fingerprint density at radius 1 is 1.17 bits per heavy atom. The quantitative estimate of drug-likeness (QED) is 0.643. The second-order valence-electron chi connectivity index (χ2n) is 9.22. The summed E-state index contributed by atoms with van der Waals surface area (Å²) >= 11 is 12.7. The van der Waals surface area contributed by atoms with Gasteiger partial charge in [0.15, 0.2) is 0 Å². The maximum atomic E-state index is 11.7. The van der Waals surface area contributed by atoms with Crippen molar-refractivity contribution in [2.75, 3.05) is 37.6 Å². The number of nitrogens with zero attached hydrogens (tertiary/aromatic N) is 2. The molecule has 7 heteroatoms. The molecule has 3 aliphatic rings. The van der Waals surface area contributed by atoms with Gasteiger partial charge in [-0.1, -0.05) is 29.3 Å². The number of hydrogen-bond donors (Lipinski definition) is 2. The molecule has 1 saturated heterocycles. The Morgan fingerprint density at radius 2 is 1.93 bits per heavy atom. The lowest BCUT2D eigenvalue weighted by molar-refractivity contribution is 0.139. The van der Waals surface area contributed by atoms with Crippen molar-refractivity contribution in [3.8, 4) is 0 Å². The molecule has 1 aromatic rings. The third kappa shape index (κ3) is 5.00. The van der Waals surface area contributed by atoms with Crippen molar-refractivity contribution in [1.82, 2.24) is 15.5 Å². The summed E-state index contributed by atoms with van der Waals surface area (Å²) in [5.74, 6) is 0.786. The normalized spacial score (nSPS) is 25.9. The summed E-state index contributed by atoms with van der Waals surface area (Å²) in [5.41, 5.74) is 1.41. The third-order valence-corrected chi connectivity index (χ3v) is 8.03. The maximum Gasteiger partial charge on any atom is 0.314 e. The number of piperazine rings is 1. The van der Waals surface area contributed by atoms with E-state index in [1.54, 1.807) is 0 Å². The van der Waals surface area contributed by atoms with Gasteiger partial charge in [0.1, 0.15) is 0 Å². The average Bonchev–Trinajstić information content (AvgIpc) is 3.50. The highest BCUT2D eigenvalue weighted by molar-refractivity contribution is 6.43. The zero-order valence-corrected chi connectivity index (χ0v) is 19.4. The van der Waals surface area contributed by atoms with Crippen LogP contribution in [0, 0.1) is 5.92 Å². The fourth-order valence-electron chi connectivity index (χ4n) is 5.25. The fourth-order valence-corrected chi connectivity index (χ4v) is 5.67. The molecule has 0 bridgehead atoms. The maximum absolute atomic E-state index is 11.7. The summed E-state index contributed by atoms with van der Waals surface area (Å²) in [7, 11) is 0. The highest BCUT2D eigenvalue weighted by atomic mass is 35.5. The van der Waals surface area contributed by atoms with E-state index in [0.29, 0.717) is 28.2 Å². The number of nitrogens with one attached hydrogen (secondary N) is 2. The van der Waals surface area contributed by atoms with Gasteiger partial charge in [-0.3, -0.25) is 4.90 Å². The van der Waals surface area contributed by atoms with E-state index >= 15 is 0 Å². The summed E-state index contributed by atoms with van der Waals surface area (Å²) in [6.07, 6.45) is 8.50. The third-order valence-electron chi connectivity index (χ3n) is 7.22. The molecule has 1 aliphatic heterocycles. The van der Waals surface area contributed by atoms with Crippen molar-refractivity contribution >= 4 is 34.9 Å². The van der Waals surface area contributed by atoms with E-state index in [4.69, 9.17) is 23.2 Å². The van der Waals surface area contributed by atoms with Crippen molar-refractivity contribution in [2.24, 2.45) is 5.92 Å². The topological polar surface area (TPSA) is 47.6 Å². The van der Waals surface area contributed by atoms with Gasteiger partial charge >= 0.3 is 6.03 Å². The van der Waals surface area contributed by atoms with Gasteiger partial charge in [-0.25, -0.2) is 4.79 Å². The highest BCUT2D eigenvalue weighted by Crippen LogP contribution is 2.46. The first kappa shape index (κ1) is 22.0. The molecule has 2 N–H and O–H groups in total. The number of anilines is 1. The lowest BCUT2D eigenvalue weighted by Crippen LogP contribution is -2.55. The fraction of sp³-hybridized carbons (Fsp3) is 0.696. The van der Waals surface area contributed by atoms with E-state index in [1.165, 1.54) is 38.6 Å². The van der Waals surface area contributed by atoms with Crippen molar-refractivity contribution in [3.63, 3.8) is 0 Å². The molecular weight excluding hydrogens is 419 g/mol. The van der Waals surface area contributed by atoms with Gasteiger partial charge in [0.2, 0.25) is 0 Å². The summed E-state index contributed by atoms with van der Waals surface area (Å²) in [5, 5.41) is 7.26. The van der Waals surface area contributed by atoms with Crippen LogP contribution in [0.1, 0.15) is 51.9 Å². The first-order valence-electron chi connectivity index (χ1n) is 11.5. The van der Waals surface area contributed by atoms with Gasteiger partial charge in [0.25, 0.3) is 0 Å². The van der Waals surface area contributed by atoms with Crippen LogP contribution in [0.15, 0.2) is 18.2 Å². The number of rotatable bonds is 6. The van der Waals surface area contributed by atoms with Crippen molar-refractivity contribution in [1.29, 1.82) is 0 Å². The predicted molar refractivity (Wildman–Crippen MR) is 125 cm³/mol. The predicted octanol–water partition coefficient (Wildman–Crippen LogP) is 4.92. The molecule has 1 spiro atoms. The van der Waals surface area contributed by atoms with Gasteiger partial charge in [-0.2, -0.15) is 0 Å². The lowest BCUT2D eigenvalue weighted by Gasteiger charge is -2.44. The second-order valence-corrected chi connectivity index (χ2v) is 10.0. The van der Waals surface area contributed by atoms with Crippen LogP contribution in [0.5, 0.6) is 0 Å². The van der Waals surface area contributed by atoms with Crippen LogP contribution in [0.25, 0.3) is 0 Å². The van der Waals surface area contributed by atoms with Gasteiger partial charge in [-0.05, 0) is 76.5 Å². The highest BCUT2D eigenvalue weighted by Gasteiger charge is 2.51. The van der Waals surface area contributed by atoms with Crippen LogP contribution in [0.4, 0.5) is 10.5 Å². The van der Waals surface area contributed by atoms with E-state index in [9.17, 15) is 4.79 Å². The molecule has 0 atom stereocenters.